The number of ether oxygens (including phenoxy) is 1. The molecule has 1 atom stereocenters. The number of rotatable bonds is 6. The molecule has 0 fully saturated rings. The van der Waals surface area contributed by atoms with Crippen LogP contribution in [0, 0.1) is 13.8 Å². The molecule has 134 valence electrons. The molecule has 3 rings (SSSR count). The second-order valence-corrected chi connectivity index (χ2v) is 7.03. The van der Waals surface area contributed by atoms with Gasteiger partial charge in [-0.05, 0) is 31.9 Å². The third kappa shape index (κ3) is 4.26. The summed E-state index contributed by atoms with van der Waals surface area (Å²) in [7, 11) is 0. The molecule has 6 heteroatoms. The largest absolute Gasteiger partial charge is 0.480 e. The number of carbonyl (C=O) groups excluding carboxylic acids is 1. The fraction of sp³-hybridized carbons (Fsp3) is 0.250. The van der Waals surface area contributed by atoms with Gasteiger partial charge in [-0.3, -0.25) is 10.1 Å². The Labute approximate surface area is 157 Å². The van der Waals surface area contributed by atoms with Gasteiger partial charge in [0, 0.05) is 5.56 Å². The molecule has 5 nitrogen and oxygen atoms in total. The van der Waals surface area contributed by atoms with Crippen molar-refractivity contribution in [2.75, 3.05) is 5.32 Å². The van der Waals surface area contributed by atoms with Crippen LogP contribution in [0.2, 0.25) is 0 Å². The van der Waals surface area contributed by atoms with Gasteiger partial charge < -0.3 is 4.74 Å². The van der Waals surface area contributed by atoms with Crippen LogP contribution in [-0.4, -0.2) is 22.2 Å². The molecule has 0 radical (unpaired) electrons. The molecule has 1 N–H and O–H groups in total. The predicted octanol–water partition coefficient (Wildman–Crippen LogP) is 4.62. The van der Waals surface area contributed by atoms with Crippen molar-refractivity contribution in [3.05, 3.63) is 59.7 Å². The van der Waals surface area contributed by atoms with Crippen LogP contribution >= 0.6 is 11.3 Å². The molecule has 0 aliphatic rings. The van der Waals surface area contributed by atoms with Crippen molar-refractivity contribution in [3.8, 4) is 16.3 Å². The average Bonchev–Trinajstić information content (AvgIpc) is 3.10. The average molecular weight is 367 g/mol. The second kappa shape index (κ2) is 8.10. The van der Waals surface area contributed by atoms with Gasteiger partial charge in [0.15, 0.2) is 6.10 Å². The Kier molecular flexibility index (Phi) is 5.63. The standard InChI is InChI=1S/C20H21N3O2S/c1-4-16(25-17-11-10-13(2)12-14(17)3)18(24)21-20-23-22-19(26-20)15-8-6-5-7-9-15/h5-12,16H,4H2,1-3H3,(H,21,23,24). The van der Waals surface area contributed by atoms with Crippen molar-refractivity contribution in [1.29, 1.82) is 0 Å². The van der Waals surface area contributed by atoms with E-state index >= 15 is 0 Å². The second-order valence-electron chi connectivity index (χ2n) is 6.05. The Hall–Kier alpha value is -2.73. The number of hydrogen-bond donors (Lipinski definition) is 1. The fourth-order valence-electron chi connectivity index (χ4n) is 2.56. The van der Waals surface area contributed by atoms with Crippen LogP contribution in [-0.2, 0) is 4.79 Å². The summed E-state index contributed by atoms with van der Waals surface area (Å²) in [5, 5.41) is 12.3. The zero-order valence-electron chi connectivity index (χ0n) is 15.0. The summed E-state index contributed by atoms with van der Waals surface area (Å²) in [5.74, 6) is 0.503. The quantitative estimate of drug-likeness (QED) is 0.690. The molecule has 3 aromatic rings. The van der Waals surface area contributed by atoms with Gasteiger partial charge in [0.2, 0.25) is 5.13 Å². The highest BCUT2D eigenvalue weighted by Crippen LogP contribution is 2.26. The number of benzene rings is 2. The van der Waals surface area contributed by atoms with Gasteiger partial charge in [0.05, 0.1) is 0 Å². The van der Waals surface area contributed by atoms with Crippen molar-refractivity contribution in [1.82, 2.24) is 10.2 Å². The molecule has 0 aliphatic carbocycles. The highest BCUT2D eigenvalue weighted by atomic mass is 32.1. The highest BCUT2D eigenvalue weighted by Gasteiger charge is 2.21. The normalized spacial score (nSPS) is 11.8. The van der Waals surface area contributed by atoms with E-state index in [-0.39, 0.29) is 5.91 Å². The maximum Gasteiger partial charge on any atom is 0.267 e. The molecule has 1 amide bonds. The molecule has 1 unspecified atom stereocenters. The summed E-state index contributed by atoms with van der Waals surface area (Å²) < 4.78 is 5.92. The Morgan fingerprint density at radius 1 is 1.15 bits per heavy atom. The van der Waals surface area contributed by atoms with Crippen LogP contribution in [0.4, 0.5) is 5.13 Å². The molecule has 0 saturated carbocycles. The molecule has 0 saturated heterocycles. The topological polar surface area (TPSA) is 64.1 Å². The molecule has 2 aromatic carbocycles. The number of aromatic nitrogens is 2. The van der Waals surface area contributed by atoms with E-state index < -0.39 is 6.10 Å². The van der Waals surface area contributed by atoms with Crippen LogP contribution < -0.4 is 10.1 Å². The highest BCUT2D eigenvalue weighted by molar-refractivity contribution is 7.18. The van der Waals surface area contributed by atoms with Crippen LogP contribution in [0.25, 0.3) is 10.6 Å². The van der Waals surface area contributed by atoms with E-state index in [0.29, 0.717) is 11.6 Å². The minimum absolute atomic E-state index is 0.219. The fourth-order valence-corrected chi connectivity index (χ4v) is 3.32. The summed E-state index contributed by atoms with van der Waals surface area (Å²) in [6.07, 6.45) is -0.0239. The first-order valence-corrected chi connectivity index (χ1v) is 9.32. The van der Waals surface area contributed by atoms with E-state index in [2.05, 4.69) is 15.5 Å². The summed E-state index contributed by atoms with van der Waals surface area (Å²) in [6, 6.07) is 15.7. The Morgan fingerprint density at radius 3 is 2.62 bits per heavy atom. The first-order chi connectivity index (χ1) is 12.6. The van der Waals surface area contributed by atoms with Crippen LogP contribution in [0.1, 0.15) is 24.5 Å². The van der Waals surface area contributed by atoms with Crippen molar-refractivity contribution < 1.29 is 9.53 Å². The number of anilines is 1. The van der Waals surface area contributed by atoms with Crippen LogP contribution in [0.5, 0.6) is 5.75 Å². The first-order valence-electron chi connectivity index (χ1n) is 8.50. The molecule has 1 aromatic heterocycles. The van der Waals surface area contributed by atoms with E-state index in [0.717, 1.165) is 27.4 Å². The van der Waals surface area contributed by atoms with E-state index in [4.69, 9.17) is 4.74 Å². The van der Waals surface area contributed by atoms with Crippen molar-refractivity contribution in [3.63, 3.8) is 0 Å². The van der Waals surface area contributed by atoms with Gasteiger partial charge in [0.25, 0.3) is 5.91 Å². The minimum atomic E-state index is -0.583. The third-order valence-electron chi connectivity index (χ3n) is 3.94. The smallest absolute Gasteiger partial charge is 0.267 e. The molecule has 0 aliphatic heterocycles. The van der Waals surface area contributed by atoms with Gasteiger partial charge >= 0.3 is 0 Å². The Bertz CT molecular complexity index is 893. The van der Waals surface area contributed by atoms with Crippen LogP contribution in [0.15, 0.2) is 48.5 Å². The maximum atomic E-state index is 12.6. The molecular formula is C20H21N3O2S. The van der Waals surface area contributed by atoms with Crippen molar-refractivity contribution >= 4 is 22.4 Å². The monoisotopic (exact) mass is 367 g/mol. The minimum Gasteiger partial charge on any atom is -0.480 e. The molecular weight excluding hydrogens is 346 g/mol. The summed E-state index contributed by atoms with van der Waals surface area (Å²) >= 11 is 1.34. The summed E-state index contributed by atoms with van der Waals surface area (Å²) in [4.78, 5) is 12.6. The van der Waals surface area contributed by atoms with Gasteiger partial charge in [-0.2, -0.15) is 0 Å². The van der Waals surface area contributed by atoms with Gasteiger partial charge in [-0.1, -0.05) is 66.3 Å². The van der Waals surface area contributed by atoms with E-state index in [1.54, 1.807) is 0 Å². The third-order valence-corrected chi connectivity index (χ3v) is 4.83. The predicted molar refractivity (Wildman–Crippen MR) is 105 cm³/mol. The lowest BCUT2D eigenvalue weighted by Crippen LogP contribution is -2.32. The number of carbonyl (C=O) groups is 1. The number of aryl methyl sites for hydroxylation is 2. The van der Waals surface area contributed by atoms with Gasteiger partial charge in [0.1, 0.15) is 10.8 Å². The number of nitrogens with zero attached hydrogens (tertiary/aromatic N) is 2. The van der Waals surface area contributed by atoms with E-state index in [9.17, 15) is 4.79 Å². The van der Waals surface area contributed by atoms with Crippen molar-refractivity contribution in [2.45, 2.75) is 33.3 Å². The SMILES string of the molecule is CCC(Oc1ccc(C)cc1C)C(=O)Nc1nnc(-c2ccccc2)s1. The lowest BCUT2D eigenvalue weighted by molar-refractivity contribution is -0.122. The molecule has 0 bridgehead atoms. The lowest BCUT2D eigenvalue weighted by Gasteiger charge is -2.18. The summed E-state index contributed by atoms with van der Waals surface area (Å²) in [5.41, 5.74) is 3.15. The molecule has 1 heterocycles. The lowest BCUT2D eigenvalue weighted by atomic mass is 10.1. The van der Waals surface area contributed by atoms with E-state index in [1.165, 1.54) is 11.3 Å². The van der Waals surface area contributed by atoms with Crippen molar-refractivity contribution in [2.24, 2.45) is 0 Å². The van der Waals surface area contributed by atoms with Gasteiger partial charge in [-0.25, -0.2) is 0 Å². The van der Waals surface area contributed by atoms with Crippen LogP contribution in [0.3, 0.4) is 0 Å². The Balaban J connectivity index is 1.69. The Morgan fingerprint density at radius 2 is 1.92 bits per heavy atom. The number of amides is 1. The van der Waals surface area contributed by atoms with Gasteiger partial charge in [-0.15, -0.1) is 10.2 Å². The first kappa shape index (κ1) is 18.1. The van der Waals surface area contributed by atoms with E-state index in [1.807, 2.05) is 69.3 Å². The zero-order chi connectivity index (χ0) is 18.5. The molecule has 26 heavy (non-hydrogen) atoms. The zero-order valence-corrected chi connectivity index (χ0v) is 15.8. The number of nitrogens with one attached hydrogen (secondary N) is 1. The maximum absolute atomic E-state index is 12.6. The number of hydrogen-bond acceptors (Lipinski definition) is 5. The summed E-state index contributed by atoms with van der Waals surface area (Å²) in [6.45, 7) is 5.92. The molecule has 0 spiro atoms.